The summed E-state index contributed by atoms with van der Waals surface area (Å²) in [6.45, 7) is 1.86. The number of nitrogens with one attached hydrogen (secondary N) is 1. The van der Waals surface area contributed by atoms with Crippen molar-refractivity contribution in [2.45, 2.75) is 44.8 Å². The molecule has 1 aliphatic carbocycles. The van der Waals surface area contributed by atoms with Crippen LogP contribution in [0, 0.1) is 0 Å². The van der Waals surface area contributed by atoms with E-state index in [-0.39, 0.29) is 18.6 Å². The van der Waals surface area contributed by atoms with Gasteiger partial charge < -0.3 is 15.2 Å². The first kappa shape index (κ1) is 13.8. The molecule has 0 bridgehead atoms. The van der Waals surface area contributed by atoms with Crippen LogP contribution in [0.25, 0.3) is 0 Å². The largest absolute Gasteiger partial charge is 0.474 e. The molecule has 5 nitrogen and oxygen atoms in total. The van der Waals surface area contributed by atoms with Crippen molar-refractivity contribution in [1.82, 2.24) is 10.3 Å². The standard InChI is InChI=1S/C14H20N2O3/c1-10(17)9-16-14(18)11-6-7-15-13(8-11)19-12-4-2-3-5-12/h6-8,10,12,17H,2-5,9H2,1H3,(H,16,18)/t10-/m1/s1. The average Bonchev–Trinajstić information content (AvgIpc) is 2.89. The number of hydrogen-bond donors (Lipinski definition) is 2. The van der Waals surface area contributed by atoms with Crippen molar-refractivity contribution < 1.29 is 14.6 Å². The molecule has 19 heavy (non-hydrogen) atoms. The van der Waals surface area contributed by atoms with Gasteiger partial charge in [0, 0.05) is 24.4 Å². The minimum Gasteiger partial charge on any atom is -0.474 e. The Bertz CT molecular complexity index is 428. The van der Waals surface area contributed by atoms with E-state index in [0.717, 1.165) is 12.8 Å². The molecule has 0 spiro atoms. The number of aliphatic hydroxyl groups excluding tert-OH is 1. The molecule has 1 aromatic rings. The number of pyridine rings is 1. The molecule has 0 saturated heterocycles. The number of ether oxygens (including phenoxy) is 1. The van der Waals surface area contributed by atoms with Crippen LogP contribution in [0.2, 0.25) is 0 Å². The van der Waals surface area contributed by atoms with E-state index < -0.39 is 6.10 Å². The molecule has 2 N–H and O–H groups in total. The van der Waals surface area contributed by atoms with Crippen molar-refractivity contribution in [1.29, 1.82) is 0 Å². The highest BCUT2D eigenvalue weighted by Gasteiger charge is 2.17. The summed E-state index contributed by atoms with van der Waals surface area (Å²) in [6.07, 6.45) is 5.74. The van der Waals surface area contributed by atoms with Crippen molar-refractivity contribution in [2.75, 3.05) is 6.54 Å². The van der Waals surface area contributed by atoms with Crippen molar-refractivity contribution in [3.05, 3.63) is 23.9 Å². The number of hydrogen-bond acceptors (Lipinski definition) is 4. The van der Waals surface area contributed by atoms with Crippen molar-refractivity contribution in [3.8, 4) is 5.88 Å². The van der Waals surface area contributed by atoms with E-state index >= 15 is 0 Å². The van der Waals surface area contributed by atoms with Crippen LogP contribution >= 0.6 is 0 Å². The lowest BCUT2D eigenvalue weighted by atomic mass is 10.2. The van der Waals surface area contributed by atoms with Gasteiger partial charge in [-0.1, -0.05) is 0 Å². The third kappa shape index (κ3) is 4.21. The Hall–Kier alpha value is -1.62. The molecule has 0 aromatic carbocycles. The van der Waals surface area contributed by atoms with Gasteiger partial charge >= 0.3 is 0 Å². The maximum absolute atomic E-state index is 11.8. The first-order chi connectivity index (χ1) is 9.15. The first-order valence-corrected chi connectivity index (χ1v) is 6.74. The average molecular weight is 264 g/mol. The predicted molar refractivity (Wildman–Crippen MR) is 71.1 cm³/mol. The quantitative estimate of drug-likeness (QED) is 0.845. The van der Waals surface area contributed by atoms with Crippen molar-refractivity contribution >= 4 is 5.91 Å². The lowest BCUT2D eigenvalue weighted by molar-refractivity contribution is 0.0923. The van der Waals surface area contributed by atoms with Crippen LogP contribution in [0.3, 0.4) is 0 Å². The summed E-state index contributed by atoms with van der Waals surface area (Å²) in [7, 11) is 0. The molecule has 104 valence electrons. The molecular weight excluding hydrogens is 244 g/mol. The molecule has 2 rings (SSSR count). The number of rotatable bonds is 5. The third-order valence-electron chi connectivity index (χ3n) is 3.14. The summed E-state index contributed by atoms with van der Waals surface area (Å²) in [4.78, 5) is 16.0. The predicted octanol–water partition coefficient (Wildman–Crippen LogP) is 1.51. The van der Waals surface area contributed by atoms with Crippen LogP contribution in [0.1, 0.15) is 43.0 Å². The van der Waals surface area contributed by atoms with Gasteiger partial charge in [-0.25, -0.2) is 4.98 Å². The molecule has 1 fully saturated rings. The fraction of sp³-hybridized carbons (Fsp3) is 0.571. The molecule has 1 aliphatic rings. The number of nitrogens with zero attached hydrogens (tertiary/aromatic N) is 1. The highest BCUT2D eigenvalue weighted by molar-refractivity contribution is 5.94. The number of carbonyl (C=O) groups excluding carboxylic acids is 1. The maximum Gasteiger partial charge on any atom is 0.251 e. The Morgan fingerprint density at radius 3 is 3.00 bits per heavy atom. The zero-order chi connectivity index (χ0) is 13.7. The molecule has 1 heterocycles. The second-order valence-electron chi connectivity index (χ2n) is 4.97. The topological polar surface area (TPSA) is 71.5 Å². The van der Waals surface area contributed by atoms with Gasteiger partial charge in [0.15, 0.2) is 0 Å². The van der Waals surface area contributed by atoms with Crippen LogP contribution in [0.5, 0.6) is 5.88 Å². The summed E-state index contributed by atoms with van der Waals surface area (Å²) in [6, 6.07) is 3.29. The fourth-order valence-electron chi connectivity index (χ4n) is 2.13. The lowest BCUT2D eigenvalue weighted by Gasteiger charge is -2.13. The normalized spacial score (nSPS) is 17.2. The SMILES string of the molecule is C[C@@H](O)CNC(=O)c1ccnc(OC2CCCC2)c1. The Morgan fingerprint density at radius 2 is 2.32 bits per heavy atom. The smallest absolute Gasteiger partial charge is 0.251 e. The van der Waals surface area contributed by atoms with Gasteiger partial charge in [0.25, 0.3) is 5.91 Å². The lowest BCUT2D eigenvalue weighted by Crippen LogP contribution is -2.30. The minimum absolute atomic E-state index is 0.223. The summed E-state index contributed by atoms with van der Waals surface area (Å²) in [5.41, 5.74) is 0.503. The van der Waals surface area contributed by atoms with Gasteiger partial charge in [0.2, 0.25) is 5.88 Å². The Kier molecular flexibility index (Phi) is 4.74. The van der Waals surface area contributed by atoms with Gasteiger partial charge in [-0.05, 0) is 38.7 Å². The van der Waals surface area contributed by atoms with Gasteiger partial charge in [0.05, 0.1) is 6.10 Å². The third-order valence-corrected chi connectivity index (χ3v) is 3.14. The summed E-state index contributed by atoms with van der Waals surface area (Å²) < 4.78 is 5.75. The second kappa shape index (κ2) is 6.52. The highest BCUT2D eigenvalue weighted by Crippen LogP contribution is 2.23. The maximum atomic E-state index is 11.8. The van der Waals surface area contributed by atoms with E-state index in [4.69, 9.17) is 9.84 Å². The van der Waals surface area contributed by atoms with Crippen LogP contribution in [-0.4, -0.2) is 34.8 Å². The van der Waals surface area contributed by atoms with E-state index in [1.807, 2.05) is 0 Å². The molecule has 1 aromatic heterocycles. The van der Waals surface area contributed by atoms with Gasteiger partial charge in [-0.3, -0.25) is 4.79 Å². The Morgan fingerprint density at radius 1 is 1.58 bits per heavy atom. The molecule has 0 aliphatic heterocycles. The van der Waals surface area contributed by atoms with Crippen molar-refractivity contribution in [3.63, 3.8) is 0 Å². The van der Waals surface area contributed by atoms with Crippen LogP contribution in [0.15, 0.2) is 18.3 Å². The molecular formula is C14H20N2O3. The number of amides is 1. The number of carbonyl (C=O) groups is 1. The zero-order valence-corrected chi connectivity index (χ0v) is 11.1. The zero-order valence-electron chi connectivity index (χ0n) is 11.1. The van der Waals surface area contributed by atoms with E-state index in [1.165, 1.54) is 12.8 Å². The molecule has 5 heteroatoms. The monoisotopic (exact) mass is 264 g/mol. The Balaban J connectivity index is 1.95. The van der Waals surface area contributed by atoms with E-state index in [0.29, 0.717) is 11.4 Å². The van der Waals surface area contributed by atoms with Gasteiger partial charge in [0.1, 0.15) is 6.10 Å². The molecule has 0 radical (unpaired) electrons. The minimum atomic E-state index is -0.556. The van der Waals surface area contributed by atoms with Crippen LogP contribution in [-0.2, 0) is 0 Å². The highest BCUT2D eigenvalue weighted by atomic mass is 16.5. The summed E-state index contributed by atoms with van der Waals surface area (Å²) in [5, 5.41) is 11.8. The first-order valence-electron chi connectivity index (χ1n) is 6.74. The number of aliphatic hydroxyl groups is 1. The van der Waals surface area contributed by atoms with Crippen molar-refractivity contribution in [2.24, 2.45) is 0 Å². The van der Waals surface area contributed by atoms with Crippen LogP contribution < -0.4 is 10.1 Å². The van der Waals surface area contributed by atoms with Crippen LogP contribution in [0.4, 0.5) is 0 Å². The van der Waals surface area contributed by atoms with E-state index in [1.54, 1.807) is 25.3 Å². The van der Waals surface area contributed by atoms with Gasteiger partial charge in [-0.15, -0.1) is 0 Å². The van der Waals surface area contributed by atoms with Gasteiger partial charge in [-0.2, -0.15) is 0 Å². The van der Waals surface area contributed by atoms with E-state index in [2.05, 4.69) is 10.3 Å². The molecule has 1 amide bonds. The molecule has 1 atom stereocenters. The van der Waals surface area contributed by atoms with E-state index in [9.17, 15) is 4.79 Å². The second-order valence-corrected chi connectivity index (χ2v) is 4.97. The molecule has 0 unspecified atom stereocenters. The molecule has 1 saturated carbocycles. The fourth-order valence-corrected chi connectivity index (χ4v) is 2.13. The Labute approximate surface area is 113 Å². The summed E-state index contributed by atoms with van der Waals surface area (Å²) in [5.74, 6) is 0.274. The summed E-state index contributed by atoms with van der Waals surface area (Å²) >= 11 is 0. The number of aromatic nitrogens is 1.